The summed E-state index contributed by atoms with van der Waals surface area (Å²) in [4.78, 5) is 1.24. The van der Waals surface area contributed by atoms with E-state index < -0.39 is 17.7 Å². The molecule has 0 aliphatic heterocycles. The molecular formula is C14H15F2NOS. The maximum atomic E-state index is 13.4. The number of hydrogen-bond acceptors (Lipinski definition) is 3. The molecular weight excluding hydrogens is 268 g/mol. The number of nitrogens with one attached hydrogen (secondary N) is 1. The van der Waals surface area contributed by atoms with Crippen LogP contribution < -0.4 is 5.32 Å². The molecule has 1 aromatic carbocycles. The number of rotatable bonds is 6. The predicted molar refractivity (Wildman–Crippen MR) is 72.2 cm³/mol. The highest BCUT2D eigenvalue weighted by Crippen LogP contribution is 2.19. The SMILES string of the molecule is OC(CNCCc1cccs1)c1c(F)cccc1F. The van der Waals surface area contributed by atoms with Crippen LogP contribution in [0.5, 0.6) is 0 Å². The van der Waals surface area contributed by atoms with Gasteiger partial charge in [0.05, 0.1) is 11.7 Å². The van der Waals surface area contributed by atoms with Crippen LogP contribution in [0.2, 0.25) is 0 Å². The summed E-state index contributed by atoms with van der Waals surface area (Å²) in [5.74, 6) is -1.43. The number of aliphatic hydroxyl groups is 1. The average molecular weight is 283 g/mol. The monoisotopic (exact) mass is 283 g/mol. The Morgan fingerprint density at radius 1 is 1.16 bits per heavy atom. The minimum Gasteiger partial charge on any atom is -0.387 e. The fraction of sp³-hybridized carbons (Fsp3) is 0.286. The first-order valence-electron chi connectivity index (χ1n) is 6.03. The normalized spacial score (nSPS) is 12.6. The van der Waals surface area contributed by atoms with Gasteiger partial charge in [0.2, 0.25) is 0 Å². The maximum Gasteiger partial charge on any atom is 0.131 e. The highest BCUT2D eigenvalue weighted by atomic mass is 32.1. The third kappa shape index (κ3) is 3.83. The van der Waals surface area contributed by atoms with E-state index >= 15 is 0 Å². The Kier molecular flexibility index (Phi) is 5.01. The minimum absolute atomic E-state index is 0.128. The van der Waals surface area contributed by atoms with Crippen molar-refractivity contribution in [3.63, 3.8) is 0 Å². The Hall–Kier alpha value is -1.30. The van der Waals surface area contributed by atoms with Gasteiger partial charge in [0.25, 0.3) is 0 Å². The Bertz CT molecular complexity index is 496. The van der Waals surface area contributed by atoms with E-state index in [0.29, 0.717) is 6.54 Å². The van der Waals surface area contributed by atoms with Gasteiger partial charge in [-0.3, -0.25) is 0 Å². The van der Waals surface area contributed by atoms with E-state index in [4.69, 9.17) is 0 Å². The lowest BCUT2D eigenvalue weighted by Crippen LogP contribution is -2.24. The van der Waals surface area contributed by atoms with Crippen molar-refractivity contribution in [1.29, 1.82) is 0 Å². The molecule has 0 amide bonds. The lowest BCUT2D eigenvalue weighted by molar-refractivity contribution is 0.165. The number of thiophene rings is 1. The number of aliphatic hydroxyl groups excluding tert-OH is 1. The van der Waals surface area contributed by atoms with Gasteiger partial charge in [-0.1, -0.05) is 12.1 Å². The van der Waals surface area contributed by atoms with E-state index in [2.05, 4.69) is 5.32 Å². The first-order chi connectivity index (χ1) is 9.18. The van der Waals surface area contributed by atoms with E-state index in [9.17, 15) is 13.9 Å². The molecule has 2 aromatic rings. The summed E-state index contributed by atoms with van der Waals surface area (Å²) < 4.78 is 26.8. The molecule has 102 valence electrons. The molecule has 0 bridgehead atoms. The van der Waals surface area contributed by atoms with Gasteiger partial charge >= 0.3 is 0 Å². The molecule has 1 heterocycles. The molecule has 1 atom stereocenters. The summed E-state index contributed by atoms with van der Waals surface area (Å²) in [5, 5.41) is 14.8. The van der Waals surface area contributed by atoms with Crippen LogP contribution in [0.15, 0.2) is 35.7 Å². The van der Waals surface area contributed by atoms with Crippen molar-refractivity contribution in [2.45, 2.75) is 12.5 Å². The summed E-state index contributed by atoms with van der Waals surface area (Å²) >= 11 is 1.66. The number of hydrogen-bond donors (Lipinski definition) is 2. The molecule has 0 aliphatic rings. The molecule has 1 unspecified atom stereocenters. The minimum atomic E-state index is -1.18. The van der Waals surface area contributed by atoms with Crippen molar-refractivity contribution in [2.24, 2.45) is 0 Å². The third-order valence-electron chi connectivity index (χ3n) is 2.80. The second-order valence-electron chi connectivity index (χ2n) is 4.18. The Morgan fingerprint density at radius 3 is 2.53 bits per heavy atom. The van der Waals surface area contributed by atoms with E-state index in [1.54, 1.807) is 11.3 Å². The Balaban J connectivity index is 1.82. The van der Waals surface area contributed by atoms with Crippen LogP contribution in [-0.2, 0) is 6.42 Å². The molecule has 2 N–H and O–H groups in total. The lowest BCUT2D eigenvalue weighted by atomic mass is 10.1. The molecule has 0 aliphatic carbocycles. The zero-order valence-corrected chi connectivity index (χ0v) is 11.1. The molecule has 19 heavy (non-hydrogen) atoms. The van der Waals surface area contributed by atoms with Crippen molar-refractivity contribution in [3.05, 3.63) is 57.8 Å². The highest BCUT2D eigenvalue weighted by Gasteiger charge is 2.16. The topological polar surface area (TPSA) is 32.3 Å². The van der Waals surface area contributed by atoms with Gasteiger partial charge in [0, 0.05) is 18.0 Å². The second kappa shape index (κ2) is 6.75. The first kappa shape index (κ1) is 14.1. The molecule has 2 rings (SSSR count). The lowest BCUT2D eigenvalue weighted by Gasteiger charge is -2.13. The number of benzene rings is 1. The zero-order chi connectivity index (χ0) is 13.7. The summed E-state index contributed by atoms with van der Waals surface area (Å²) in [6, 6.07) is 7.58. The van der Waals surface area contributed by atoms with Crippen molar-refractivity contribution in [2.75, 3.05) is 13.1 Å². The second-order valence-corrected chi connectivity index (χ2v) is 5.22. The quantitative estimate of drug-likeness (QED) is 0.799. The smallest absolute Gasteiger partial charge is 0.131 e. The van der Waals surface area contributed by atoms with Crippen LogP contribution in [0.3, 0.4) is 0 Å². The van der Waals surface area contributed by atoms with Gasteiger partial charge in [0.1, 0.15) is 11.6 Å². The summed E-state index contributed by atoms with van der Waals surface area (Å²) in [5.41, 5.74) is -0.272. The molecule has 5 heteroatoms. The summed E-state index contributed by atoms with van der Waals surface area (Å²) in [6.07, 6.45) is -0.339. The fourth-order valence-electron chi connectivity index (χ4n) is 1.84. The van der Waals surface area contributed by atoms with Gasteiger partial charge in [-0.2, -0.15) is 0 Å². The Morgan fingerprint density at radius 2 is 1.89 bits per heavy atom. The van der Waals surface area contributed by atoms with Gasteiger partial charge < -0.3 is 10.4 Å². The summed E-state index contributed by atoms with van der Waals surface area (Å²) in [7, 11) is 0. The maximum absolute atomic E-state index is 13.4. The Labute approximate surface area is 114 Å². The van der Waals surface area contributed by atoms with Crippen molar-refractivity contribution in [3.8, 4) is 0 Å². The van der Waals surface area contributed by atoms with Crippen LogP contribution in [0.1, 0.15) is 16.5 Å². The molecule has 0 radical (unpaired) electrons. The number of halogens is 2. The molecule has 2 nitrogen and oxygen atoms in total. The van der Waals surface area contributed by atoms with Crippen LogP contribution in [-0.4, -0.2) is 18.2 Å². The molecule has 0 fully saturated rings. The first-order valence-corrected chi connectivity index (χ1v) is 6.91. The van der Waals surface area contributed by atoms with Crippen molar-refractivity contribution >= 4 is 11.3 Å². The van der Waals surface area contributed by atoms with E-state index in [0.717, 1.165) is 18.6 Å². The van der Waals surface area contributed by atoms with Crippen LogP contribution >= 0.6 is 11.3 Å². The van der Waals surface area contributed by atoms with Crippen LogP contribution in [0, 0.1) is 11.6 Å². The van der Waals surface area contributed by atoms with Crippen LogP contribution in [0.25, 0.3) is 0 Å². The standard InChI is InChI=1S/C14H15F2NOS/c15-11-4-1-5-12(16)14(11)13(18)9-17-7-6-10-3-2-8-19-10/h1-5,8,13,17-18H,6-7,9H2. The van der Waals surface area contributed by atoms with E-state index in [1.807, 2.05) is 17.5 Å². The van der Waals surface area contributed by atoms with Crippen molar-refractivity contribution in [1.82, 2.24) is 5.32 Å². The average Bonchev–Trinajstić information content (AvgIpc) is 2.87. The van der Waals surface area contributed by atoms with Gasteiger partial charge in [-0.15, -0.1) is 11.3 Å². The van der Waals surface area contributed by atoms with E-state index in [-0.39, 0.29) is 12.1 Å². The van der Waals surface area contributed by atoms with E-state index in [1.165, 1.54) is 10.9 Å². The molecule has 1 aromatic heterocycles. The predicted octanol–water partition coefficient (Wildman–Crippen LogP) is 2.89. The zero-order valence-electron chi connectivity index (χ0n) is 10.3. The van der Waals surface area contributed by atoms with Crippen molar-refractivity contribution < 1.29 is 13.9 Å². The third-order valence-corrected chi connectivity index (χ3v) is 3.74. The highest BCUT2D eigenvalue weighted by molar-refractivity contribution is 7.09. The van der Waals surface area contributed by atoms with Crippen LogP contribution in [0.4, 0.5) is 8.78 Å². The van der Waals surface area contributed by atoms with Gasteiger partial charge in [-0.05, 0) is 30.0 Å². The fourth-order valence-corrected chi connectivity index (χ4v) is 2.55. The molecule has 0 saturated carbocycles. The van der Waals surface area contributed by atoms with Gasteiger partial charge in [-0.25, -0.2) is 8.78 Å². The summed E-state index contributed by atoms with van der Waals surface area (Å²) in [6.45, 7) is 0.789. The molecule has 0 saturated heterocycles. The van der Waals surface area contributed by atoms with Gasteiger partial charge in [0.15, 0.2) is 0 Å². The largest absolute Gasteiger partial charge is 0.387 e. The molecule has 0 spiro atoms.